The van der Waals surface area contributed by atoms with Gasteiger partial charge >= 0.3 is 5.97 Å². The van der Waals surface area contributed by atoms with Crippen LogP contribution in [0.1, 0.15) is 418 Å². The van der Waals surface area contributed by atoms with Crippen LogP contribution in [0.15, 0.2) is 36.5 Å². The van der Waals surface area contributed by atoms with Crippen LogP contribution in [0.25, 0.3) is 0 Å². The first kappa shape index (κ1) is 81.1. The second kappa shape index (κ2) is 72.6. The summed E-state index contributed by atoms with van der Waals surface area (Å²) in [6, 6.07) is -0.626. The minimum Gasteiger partial charge on any atom is -0.466 e. The molecule has 0 aliphatic carbocycles. The van der Waals surface area contributed by atoms with E-state index < -0.39 is 12.1 Å². The minimum absolute atomic E-state index is 0.0152. The van der Waals surface area contributed by atoms with Crippen molar-refractivity contribution in [3.8, 4) is 0 Å². The maximum atomic E-state index is 12.5. The van der Waals surface area contributed by atoms with Crippen LogP contribution in [-0.4, -0.2) is 47.4 Å². The van der Waals surface area contributed by atoms with E-state index in [9.17, 15) is 19.8 Å². The first-order valence-electron chi connectivity index (χ1n) is 37.8. The molecule has 0 radical (unpaired) electrons. The summed E-state index contributed by atoms with van der Waals surface area (Å²) in [5, 5.41) is 23.2. The molecule has 0 bridgehead atoms. The fraction of sp³-hybridized carbons (Fsp3) is 0.896. The molecule has 0 saturated heterocycles. The van der Waals surface area contributed by atoms with Gasteiger partial charge in [0.05, 0.1) is 25.4 Å². The van der Waals surface area contributed by atoms with Crippen molar-refractivity contribution < 1.29 is 24.5 Å². The SMILES string of the molecule is CCCCCCCC/C=C\CCCCCCCCCC(=O)OCCCCCCCCCCCCCC/C=C\CCCCCCCCCCCCCCCCCCC(=O)NC(CO)C(O)/C=C/CCCCCCCCCCCCCCCCC. The second-order valence-corrected chi connectivity index (χ2v) is 26.0. The third kappa shape index (κ3) is 69.1. The molecule has 0 aliphatic heterocycles. The first-order valence-corrected chi connectivity index (χ1v) is 37.8. The number of nitrogens with one attached hydrogen (secondary N) is 1. The van der Waals surface area contributed by atoms with Crippen molar-refractivity contribution in [1.82, 2.24) is 5.32 Å². The van der Waals surface area contributed by atoms with Gasteiger partial charge in [-0.3, -0.25) is 9.59 Å². The second-order valence-electron chi connectivity index (χ2n) is 26.0. The highest BCUT2D eigenvalue weighted by atomic mass is 16.5. The molecule has 2 atom stereocenters. The maximum Gasteiger partial charge on any atom is 0.305 e. The van der Waals surface area contributed by atoms with Crippen molar-refractivity contribution in [3.63, 3.8) is 0 Å². The number of hydrogen-bond acceptors (Lipinski definition) is 5. The molecule has 0 saturated carbocycles. The molecule has 6 heteroatoms. The first-order chi connectivity index (χ1) is 41.0. The summed E-state index contributed by atoms with van der Waals surface area (Å²) in [6.45, 7) is 4.94. The van der Waals surface area contributed by atoms with E-state index in [1.54, 1.807) is 6.08 Å². The number of amides is 1. The number of rotatable bonds is 71. The smallest absolute Gasteiger partial charge is 0.305 e. The number of carbonyl (C=O) groups excluding carboxylic acids is 2. The third-order valence-electron chi connectivity index (χ3n) is 17.6. The van der Waals surface area contributed by atoms with Crippen LogP contribution >= 0.6 is 0 Å². The van der Waals surface area contributed by atoms with E-state index in [0.717, 1.165) is 44.9 Å². The van der Waals surface area contributed by atoms with Gasteiger partial charge in [0.25, 0.3) is 0 Å². The monoisotopic (exact) mass is 1170 g/mol. The lowest BCUT2D eigenvalue weighted by Crippen LogP contribution is -2.45. The van der Waals surface area contributed by atoms with Crippen molar-refractivity contribution in [2.24, 2.45) is 0 Å². The maximum absolute atomic E-state index is 12.5. The van der Waals surface area contributed by atoms with E-state index in [1.165, 1.54) is 347 Å². The van der Waals surface area contributed by atoms with Crippen LogP contribution in [0.2, 0.25) is 0 Å². The fourth-order valence-electron chi connectivity index (χ4n) is 11.9. The highest BCUT2D eigenvalue weighted by Gasteiger charge is 2.18. The Kier molecular flexibility index (Phi) is 70.9. The predicted molar refractivity (Wildman–Crippen MR) is 366 cm³/mol. The van der Waals surface area contributed by atoms with E-state index in [-0.39, 0.29) is 18.5 Å². The van der Waals surface area contributed by atoms with E-state index in [2.05, 4.69) is 43.5 Å². The number of ether oxygens (including phenoxy) is 1. The van der Waals surface area contributed by atoms with Crippen LogP contribution in [0, 0.1) is 0 Å². The molecule has 0 aromatic rings. The van der Waals surface area contributed by atoms with Gasteiger partial charge in [0.2, 0.25) is 5.91 Å². The van der Waals surface area contributed by atoms with Gasteiger partial charge in [0.15, 0.2) is 0 Å². The number of aliphatic hydroxyl groups is 2. The largest absolute Gasteiger partial charge is 0.466 e. The van der Waals surface area contributed by atoms with Crippen molar-refractivity contribution >= 4 is 11.9 Å². The molecule has 0 rings (SSSR count). The molecule has 83 heavy (non-hydrogen) atoms. The van der Waals surface area contributed by atoms with Gasteiger partial charge in [-0.2, -0.15) is 0 Å². The summed E-state index contributed by atoms with van der Waals surface area (Å²) in [7, 11) is 0. The molecule has 1 amide bonds. The summed E-state index contributed by atoms with van der Waals surface area (Å²) >= 11 is 0. The fourth-order valence-corrected chi connectivity index (χ4v) is 11.9. The average Bonchev–Trinajstić information content (AvgIpc) is 3.49. The molecule has 0 spiro atoms. The molecule has 6 nitrogen and oxygen atoms in total. The number of aliphatic hydroxyl groups excluding tert-OH is 2. The highest BCUT2D eigenvalue weighted by Crippen LogP contribution is 2.19. The third-order valence-corrected chi connectivity index (χ3v) is 17.6. The van der Waals surface area contributed by atoms with E-state index >= 15 is 0 Å². The molecule has 0 aliphatic rings. The molecule has 0 aromatic carbocycles. The summed E-state index contributed by atoms with van der Waals surface area (Å²) in [6.07, 6.45) is 93.9. The van der Waals surface area contributed by atoms with Gasteiger partial charge < -0.3 is 20.3 Å². The summed E-state index contributed by atoms with van der Waals surface area (Å²) < 4.78 is 5.50. The Morgan fingerprint density at radius 2 is 0.566 bits per heavy atom. The summed E-state index contributed by atoms with van der Waals surface area (Å²) in [4.78, 5) is 24.6. The number of allylic oxidation sites excluding steroid dienone is 5. The van der Waals surface area contributed by atoms with Crippen molar-refractivity contribution in [3.05, 3.63) is 36.5 Å². The number of carbonyl (C=O) groups is 2. The number of unbranched alkanes of at least 4 members (excludes halogenated alkanes) is 56. The Balaban J connectivity index is 3.36. The molecule has 0 fully saturated rings. The Hall–Kier alpha value is -1.92. The Bertz CT molecular complexity index is 1340. The van der Waals surface area contributed by atoms with Crippen LogP contribution in [0.5, 0.6) is 0 Å². The van der Waals surface area contributed by atoms with Gasteiger partial charge in [-0.15, -0.1) is 0 Å². The zero-order valence-corrected chi connectivity index (χ0v) is 56.2. The van der Waals surface area contributed by atoms with Gasteiger partial charge in [-0.1, -0.05) is 359 Å². The van der Waals surface area contributed by atoms with Crippen molar-refractivity contribution in [2.45, 2.75) is 431 Å². The average molecular weight is 1170 g/mol. The lowest BCUT2D eigenvalue weighted by Gasteiger charge is -2.20. The molecule has 3 N–H and O–H groups in total. The van der Waals surface area contributed by atoms with E-state index in [4.69, 9.17) is 4.74 Å². The lowest BCUT2D eigenvalue weighted by atomic mass is 10.0. The lowest BCUT2D eigenvalue weighted by molar-refractivity contribution is -0.143. The van der Waals surface area contributed by atoms with Crippen molar-refractivity contribution in [1.29, 1.82) is 0 Å². The Labute approximate surface area is 519 Å². The zero-order chi connectivity index (χ0) is 59.9. The van der Waals surface area contributed by atoms with Crippen LogP contribution in [-0.2, 0) is 14.3 Å². The minimum atomic E-state index is -0.843. The highest BCUT2D eigenvalue weighted by molar-refractivity contribution is 5.76. The van der Waals surface area contributed by atoms with Crippen LogP contribution in [0.3, 0.4) is 0 Å². The molecular formula is C77H147NO5. The zero-order valence-electron chi connectivity index (χ0n) is 56.2. The topological polar surface area (TPSA) is 95.9 Å². The normalized spacial score (nSPS) is 12.7. The molecule has 2 unspecified atom stereocenters. The Morgan fingerprint density at radius 1 is 0.325 bits per heavy atom. The van der Waals surface area contributed by atoms with E-state index in [0.29, 0.717) is 19.4 Å². The molecule has 0 aromatic heterocycles. The summed E-state index contributed by atoms with van der Waals surface area (Å²) in [5.41, 5.74) is 0. The van der Waals surface area contributed by atoms with Gasteiger partial charge in [0, 0.05) is 12.8 Å². The standard InChI is InChI=1S/C77H147NO5/c1-3-5-7-9-11-13-15-17-19-37-41-45-49-53-57-61-65-69-75(80)74(73-79)78-76(81)70-66-62-58-54-50-46-42-39-35-33-31-29-27-25-23-21-22-24-26-28-30-32-34-36-40-44-48-52-56-60-64-68-72-83-77(82)71-67-63-59-55-51-47-43-38-20-18-16-14-12-10-8-6-4-2/h18,20,24,26,65,69,74-75,79-80H,3-17,19,21-23,25,27-64,66-68,70-73H2,1-2H3,(H,78,81)/b20-18-,26-24-,69-65+. The Morgan fingerprint density at radius 3 is 0.855 bits per heavy atom. The molecule has 490 valence electrons. The van der Waals surface area contributed by atoms with Gasteiger partial charge in [-0.05, 0) is 83.5 Å². The predicted octanol–water partition coefficient (Wildman–Crippen LogP) is 24.7. The summed E-state index contributed by atoms with van der Waals surface area (Å²) in [5.74, 6) is -0.0470. The van der Waals surface area contributed by atoms with E-state index in [1.807, 2.05) is 6.08 Å². The van der Waals surface area contributed by atoms with Gasteiger partial charge in [-0.25, -0.2) is 0 Å². The molecule has 0 heterocycles. The van der Waals surface area contributed by atoms with Crippen LogP contribution < -0.4 is 5.32 Å². The van der Waals surface area contributed by atoms with Crippen molar-refractivity contribution in [2.75, 3.05) is 13.2 Å². The van der Waals surface area contributed by atoms with Gasteiger partial charge in [0.1, 0.15) is 0 Å². The number of hydrogen-bond donors (Lipinski definition) is 3. The quantitative estimate of drug-likeness (QED) is 0.0320. The number of esters is 1. The molecular weight excluding hydrogens is 1020 g/mol. The van der Waals surface area contributed by atoms with Crippen LogP contribution in [0.4, 0.5) is 0 Å².